The summed E-state index contributed by atoms with van der Waals surface area (Å²) in [5.74, 6) is 6.23. The first-order chi connectivity index (χ1) is 10.8. The molecule has 1 aliphatic heterocycles. The Morgan fingerprint density at radius 2 is 2.27 bits per heavy atom. The van der Waals surface area contributed by atoms with Crippen molar-refractivity contribution in [1.29, 1.82) is 0 Å². The molecule has 114 valence electrons. The van der Waals surface area contributed by atoms with Crippen molar-refractivity contribution >= 4 is 22.7 Å². The number of fused-ring (bicyclic) bond motifs is 1. The van der Waals surface area contributed by atoms with Crippen LogP contribution in [0.25, 0.3) is 10.9 Å². The zero-order chi connectivity index (χ0) is 15.4. The van der Waals surface area contributed by atoms with Gasteiger partial charge in [-0.05, 0) is 19.4 Å². The highest BCUT2D eigenvalue weighted by molar-refractivity contribution is 8.00. The predicted molar refractivity (Wildman–Crippen MR) is 90.2 cm³/mol. The molecule has 1 saturated heterocycles. The van der Waals surface area contributed by atoms with Gasteiger partial charge in [0.05, 0.1) is 17.2 Å². The highest BCUT2D eigenvalue weighted by Gasteiger charge is 2.26. The van der Waals surface area contributed by atoms with Crippen LogP contribution in [0.4, 0.5) is 0 Å². The van der Waals surface area contributed by atoms with Gasteiger partial charge in [-0.1, -0.05) is 30.0 Å². The molecule has 1 aliphatic rings. The second-order valence-electron chi connectivity index (χ2n) is 5.27. The molecular weight excluding hydrogens is 294 g/mol. The van der Waals surface area contributed by atoms with Crippen LogP contribution in [-0.4, -0.2) is 36.7 Å². The number of benzene rings is 1. The van der Waals surface area contributed by atoms with Gasteiger partial charge >= 0.3 is 0 Å². The second-order valence-corrected chi connectivity index (χ2v) is 6.52. The molecule has 4 heteroatoms. The number of hydrogen-bond donors (Lipinski definition) is 0. The van der Waals surface area contributed by atoms with Gasteiger partial charge in [-0.2, -0.15) is 0 Å². The number of aromatic nitrogens is 1. The monoisotopic (exact) mass is 313 g/mol. The molecule has 2 aromatic rings. The first-order valence-corrected chi connectivity index (χ1v) is 8.31. The molecule has 22 heavy (non-hydrogen) atoms. The minimum Gasteiger partial charge on any atom is -0.377 e. The van der Waals surface area contributed by atoms with E-state index in [9.17, 15) is 0 Å². The molecule has 1 aromatic heterocycles. The van der Waals surface area contributed by atoms with Gasteiger partial charge in [0.15, 0.2) is 0 Å². The molecule has 1 fully saturated rings. The lowest BCUT2D eigenvalue weighted by Crippen LogP contribution is -2.13. The third kappa shape index (κ3) is 3.27. The number of pyridine rings is 1. The van der Waals surface area contributed by atoms with Crippen LogP contribution in [0.5, 0.6) is 0 Å². The van der Waals surface area contributed by atoms with E-state index in [0.29, 0.717) is 11.9 Å². The van der Waals surface area contributed by atoms with Gasteiger partial charge in [-0.15, -0.1) is 11.8 Å². The lowest BCUT2D eigenvalue weighted by molar-refractivity contribution is 0.127. The zero-order valence-corrected chi connectivity index (χ0v) is 13.7. The molecular formula is C18H19NO2S. The average Bonchev–Trinajstić information content (AvgIpc) is 2.94. The standard InChI is InChI=1S/C18H19NO2S/c1-13-17(9-11-21-13)22-18-14(6-5-10-20-2)12-19-16-8-4-3-7-15(16)18/h3-4,7-8,12-13,17H,9-11H2,1-2H3. The van der Waals surface area contributed by atoms with Crippen molar-refractivity contribution in [1.82, 2.24) is 4.98 Å². The van der Waals surface area contributed by atoms with Crippen LogP contribution in [0, 0.1) is 11.8 Å². The smallest absolute Gasteiger partial charge is 0.107 e. The molecule has 2 heterocycles. The molecule has 0 amide bonds. The Balaban J connectivity index is 2.02. The molecule has 2 atom stereocenters. The maximum absolute atomic E-state index is 5.70. The molecule has 3 nitrogen and oxygen atoms in total. The number of methoxy groups -OCH3 is 1. The number of thioether (sulfide) groups is 1. The topological polar surface area (TPSA) is 31.4 Å². The van der Waals surface area contributed by atoms with Crippen molar-refractivity contribution in [3.63, 3.8) is 0 Å². The fourth-order valence-electron chi connectivity index (χ4n) is 2.55. The minimum atomic E-state index is 0.275. The van der Waals surface area contributed by atoms with Crippen LogP contribution in [0.1, 0.15) is 18.9 Å². The number of hydrogen-bond acceptors (Lipinski definition) is 4. The summed E-state index contributed by atoms with van der Waals surface area (Å²) < 4.78 is 10.7. The van der Waals surface area contributed by atoms with Crippen LogP contribution in [0.15, 0.2) is 35.4 Å². The lowest BCUT2D eigenvalue weighted by Gasteiger charge is -2.16. The van der Waals surface area contributed by atoms with Crippen LogP contribution in [-0.2, 0) is 9.47 Å². The number of rotatable bonds is 3. The summed E-state index contributed by atoms with van der Waals surface area (Å²) in [5, 5.41) is 1.63. The van der Waals surface area contributed by atoms with E-state index in [1.54, 1.807) is 7.11 Å². The Labute approximate surface area is 135 Å². The van der Waals surface area contributed by atoms with E-state index in [1.807, 2.05) is 30.1 Å². The maximum atomic E-state index is 5.70. The Morgan fingerprint density at radius 3 is 3.05 bits per heavy atom. The normalized spacial score (nSPS) is 20.8. The summed E-state index contributed by atoms with van der Waals surface area (Å²) in [4.78, 5) is 5.73. The van der Waals surface area contributed by atoms with E-state index in [4.69, 9.17) is 9.47 Å². The maximum Gasteiger partial charge on any atom is 0.107 e. The largest absolute Gasteiger partial charge is 0.377 e. The lowest BCUT2D eigenvalue weighted by atomic mass is 10.1. The van der Waals surface area contributed by atoms with E-state index in [2.05, 4.69) is 35.9 Å². The zero-order valence-electron chi connectivity index (χ0n) is 12.8. The summed E-state index contributed by atoms with van der Waals surface area (Å²) >= 11 is 1.87. The molecule has 0 saturated carbocycles. The molecule has 0 N–H and O–H groups in total. The number of para-hydroxylation sites is 1. The SMILES string of the molecule is COCC#Cc1cnc2ccccc2c1SC1CCOC1C. The third-order valence-corrected chi connectivity index (χ3v) is 5.34. The van der Waals surface area contributed by atoms with E-state index in [-0.39, 0.29) is 6.10 Å². The van der Waals surface area contributed by atoms with Gasteiger partial charge in [0, 0.05) is 35.4 Å². The third-order valence-electron chi connectivity index (χ3n) is 3.74. The van der Waals surface area contributed by atoms with Gasteiger partial charge in [0.1, 0.15) is 6.61 Å². The van der Waals surface area contributed by atoms with Crippen LogP contribution < -0.4 is 0 Å². The molecule has 0 spiro atoms. The van der Waals surface area contributed by atoms with Gasteiger partial charge in [-0.25, -0.2) is 0 Å². The van der Waals surface area contributed by atoms with E-state index >= 15 is 0 Å². The van der Waals surface area contributed by atoms with Crippen LogP contribution >= 0.6 is 11.8 Å². The Kier molecular flexibility index (Phi) is 4.99. The summed E-state index contributed by atoms with van der Waals surface area (Å²) in [5.41, 5.74) is 1.98. The molecule has 0 aliphatic carbocycles. The fourth-order valence-corrected chi connectivity index (χ4v) is 3.87. The molecule has 0 bridgehead atoms. The van der Waals surface area contributed by atoms with Crippen LogP contribution in [0.2, 0.25) is 0 Å². The van der Waals surface area contributed by atoms with Crippen molar-refractivity contribution < 1.29 is 9.47 Å². The van der Waals surface area contributed by atoms with E-state index < -0.39 is 0 Å². The van der Waals surface area contributed by atoms with E-state index in [1.165, 1.54) is 4.90 Å². The summed E-state index contributed by atoms with van der Waals surface area (Å²) in [6.07, 6.45) is 3.22. The second kappa shape index (κ2) is 7.15. The van der Waals surface area contributed by atoms with Crippen LogP contribution in [0.3, 0.4) is 0 Å². The van der Waals surface area contributed by atoms with Crippen molar-refractivity contribution in [3.05, 3.63) is 36.0 Å². The minimum absolute atomic E-state index is 0.275. The number of nitrogens with zero attached hydrogens (tertiary/aromatic N) is 1. The van der Waals surface area contributed by atoms with Gasteiger partial charge in [0.2, 0.25) is 0 Å². The molecule has 0 radical (unpaired) electrons. The summed E-state index contributed by atoms with van der Waals surface area (Å²) in [6.45, 7) is 3.41. The van der Waals surface area contributed by atoms with Crippen molar-refractivity contribution in [3.8, 4) is 11.8 Å². The van der Waals surface area contributed by atoms with Crippen molar-refractivity contribution in [2.45, 2.75) is 29.6 Å². The summed E-state index contributed by atoms with van der Waals surface area (Å²) in [6, 6.07) is 8.23. The number of ether oxygens (including phenoxy) is 2. The van der Waals surface area contributed by atoms with Gasteiger partial charge in [-0.3, -0.25) is 4.98 Å². The molecule has 2 unspecified atom stereocenters. The Morgan fingerprint density at radius 1 is 1.41 bits per heavy atom. The van der Waals surface area contributed by atoms with E-state index in [0.717, 1.165) is 29.5 Å². The van der Waals surface area contributed by atoms with Crippen molar-refractivity contribution in [2.24, 2.45) is 0 Å². The average molecular weight is 313 g/mol. The highest BCUT2D eigenvalue weighted by Crippen LogP contribution is 2.37. The highest BCUT2D eigenvalue weighted by atomic mass is 32.2. The summed E-state index contributed by atoms with van der Waals surface area (Å²) in [7, 11) is 1.65. The molecule has 1 aromatic carbocycles. The van der Waals surface area contributed by atoms with Gasteiger partial charge in [0.25, 0.3) is 0 Å². The first kappa shape index (κ1) is 15.4. The Hall–Kier alpha value is -1.54. The quantitative estimate of drug-likeness (QED) is 0.812. The first-order valence-electron chi connectivity index (χ1n) is 7.43. The Bertz CT molecular complexity index is 720. The molecule has 3 rings (SSSR count). The predicted octanol–water partition coefficient (Wildman–Crippen LogP) is 3.50. The fraction of sp³-hybridized carbons (Fsp3) is 0.389. The van der Waals surface area contributed by atoms with Gasteiger partial charge < -0.3 is 9.47 Å². The van der Waals surface area contributed by atoms with Crippen molar-refractivity contribution in [2.75, 3.05) is 20.3 Å².